The molecule has 7 heteroatoms. The minimum absolute atomic E-state index is 0.0612. The fourth-order valence-corrected chi connectivity index (χ4v) is 3.93. The van der Waals surface area contributed by atoms with Crippen molar-refractivity contribution in [3.63, 3.8) is 0 Å². The smallest absolute Gasteiger partial charge is 0.240 e. The number of benzene rings is 3. The molecule has 6 nitrogen and oxygen atoms in total. The third kappa shape index (κ3) is 5.73. The molecule has 2 amide bonds. The summed E-state index contributed by atoms with van der Waals surface area (Å²) in [5.74, 6) is 0.970. The molecule has 0 spiro atoms. The van der Waals surface area contributed by atoms with Gasteiger partial charge in [-0.2, -0.15) is 0 Å². The molecule has 0 saturated carbocycles. The van der Waals surface area contributed by atoms with Gasteiger partial charge in [-0.1, -0.05) is 47.7 Å². The number of aliphatic imine (C=N–C) groups is 1. The van der Waals surface area contributed by atoms with Crippen molar-refractivity contribution < 1.29 is 14.3 Å². The van der Waals surface area contributed by atoms with Gasteiger partial charge in [0.25, 0.3) is 0 Å². The van der Waals surface area contributed by atoms with Gasteiger partial charge in [-0.25, -0.2) is 4.99 Å². The number of thioether (sulfide) groups is 1. The maximum Gasteiger partial charge on any atom is 0.240 e. The highest BCUT2D eigenvalue weighted by atomic mass is 32.2. The van der Waals surface area contributed by atoms with E-state index in [2.05, 4.69) is 15.6 Å². The maximum absolute atomic E-state index is 12.4. The van der Waals surface area contributed by atoms with Crippen LogP contribution in [0, 0.1) is 6.92 Å². The molecule has 1 fully saturated rings. The minimum atomic E-state index is -0.509. The van der Waals surface area contributed by atoms with E-state index < -0.39 is 5.25 Å². The molecule has 1 atom stereocenters. The molecule has 0 aliphatic carbocycles. The van der Waals surface area contributed by atoms with Crippen molar-refractivity contribution in [2.75, 3.05) is 5.32 Å². The zero-order chi connectivity index (χ0) is 21.6. The number of rotatable bonds is 6. The van der Waals surface area contributed by atoms with Crippen molar-refractivity contribution in [2.24, 2.45) is 4.99 Å². The first-order chi connectivity index (χ1) is 15.0. The van der Waals surface area contributed by atoms with Crippen LogP contribution < -0.4 is 15.4 Å². The van der Waals surface area contributed by atoms with Crippen molar-refractivity contribution in [3.8, 4) is 11.5 Å². The summed E-state index contributed by atoms with van der Waals surface area (Å²) in [4.78, 5) is 29.1. The summed E-state index contributed by atoms with van der Waals surface area (Å²) in [7, 11) is 0. The number of nitrogens with zero attached hydrogens (tertiary/aromatic N) is 1. The number of amides is 2. The molecule has 0 aromatic heterocycles. The Bertz CT molecular complexity index is 1100. The highest BCUT2D eigenvalue weighted by Crippen LogP contribution is 2.26. The predicted octanol–water partition coefficient (Wildman–Crippen LogP) is 5.04. The second-order valence-corrected chi connectivity index (χ2v) is 8.23. The van der Waals surface area contributed by atoms with Crippen LogP contribution in [0.2, 0.25) is 0 Å². The monoisotopic (exact) mass is 431 g/mol. The van der Waals surface area contributed by atoms with Crippen molar-refractivity contribution in [3.05, 3.63) is 84.4 Å². The van der Waals surface area contributed by atoms with Gasteiger partial charge in [0, 0.05) is 12.1 Å². The van der Waals surface area contributed by atoms with Gasteiger partial charge in [0.15, 0.2) is 5.17 Å². The van der Waals surface area contributed by atoms with Gasteiger partial charge in [-0.15, -0.1) is 0 Å². The number of carbonyl (C=O) groups excluding carboxylic acids is 2. The Morgan fingerprint density at radius 3 is 2.39 bits per heavy atom. The van der Waals surface area contributed by atoms with Crippen molar-refractivity contribution in [2.45, 2.75) is 18.6 Å². The van der Waals surface area contributed by atoms with E-state index in [0.29, 0.717) is 16.6 Å². The second kappa shape index (κ2) is 9.49. The van der Waals surface area contributed by atoms with Crippen LogP contribution in [-0.2, 0) is 9.59 Å². The highest BCUT2D eigenvalue weighted by Gasteiger charge is 2.32. The number of carbonyl (C=O) groups is 2. The second-order valence-electron chi connectivity index (χ2n) is 7.04. The lowest BCUT2D eigenvalue weighted by atomic mass is 10.2. The van der Waals surface area contributed by atoms with Crippen LogP contribution in [0.15, 0.2) is 83.9 Å². The molecule has 1 heterocycles. The van der Waals surface area contributed by atoms with E-state index in [-0.39, 0.29) is 18.2 Å². The third-order valence-electron chi connectivity index (χ3n) is 4.53. The molecule has 156 valence electrons. The number of para-hydroxylation sites is 1. The van der Waals surface area contributed by atoms with Crippen LogP contribution in [0.1, 0.15) is 12.0 Å². The fraction of sp³-hybridized carbons (Fsp3) is 0.125. The standard InChI is InChI=1S/C24H21N3O3S/c1-16-7-9-18(10-8-16)26-24-27-23(29)21(31-24)15-22(28)25-17-11-13-20(14-12-17)30-19-5-3-2-4-6-19/h2-14,21H,15H2,1H3,(H,25,28)(H,26,27,29). The molecule has 2 N–H and O–H groups in total. The summed E-state index contributed by atoms with van der Waals surface area (Å²) >= 11 is 1.27. The van der Waals surface area contributed by atoms with E-state index in [9.17, 15) is 9.59 Å². The number of aryl methyl sites for hydroxylation is 1. The zero-order valence-electron chi connectivity index (χ0n) is 16.9. The van der Waals surface area contributed by atoms with Crippen LogP contribution in [0.5, 0.6) is 11.5 Å². The Morgan fingerprint density at radius 1 is 1.00 bits per heavy atom. The summed E-state index contributed by atoms with van der Waals surface area (Å²) in [6.45, 7) is 2.00. The van der Waals surface area contributed by atoms with Gasteiger partial charge in [0.1, 0.15) is 16.7 Å². The highest BCUT2D eigenvalue weighted by molar-refractivity contribution is 8.15. The Balaban J connectivity index is 1.31. The lowest BCUT2D eigenvalue weighted by Crippen LogP contribution is -2.28. The van der Waals surface area contributed by atoms with Crippen molar-refractivity contribution in [1.82, 2.24) is 5.32 Å². The number of hydrogen-bond acceptors (Lipinski definition) is 5. The minimum Gasteiger partial charge on any atom is -0.457 e. The number of anilines is 1. The molecular weight excluding hydrogens is 410 g/mol. The van der Waals surface area contributed by atoms with Crippen LogP contribution in [0.4, 0.5) is 11.4 Å². The van der Waals surface area contributed by atoms with E-state index in [1.165, 1.54) is 11.8 Å². The maximum atomic E-state index is 12.4. The first-order valence-corrected chi connectivity index (χ1v) is 10.7. The molecule has 1 aliphatic heterocycles. The van der Waals surface area contributed by atoms with E-state index in [1.54, 1.807) is 24.3 Å². The molecule has 31 heavy (non-hydrogen) atoms. The number of amidine groups is 1. The van der Waals surface area contributed by atoms with Crippen molar-refractivity contribution >= 4 is 40.1 Å². The Kier molecular flexibility index (Phi) is 6.33. The average molecular weight is 432 g/mol. The Morgan fingerprint density at radius 2 is 1.68 bits per heavy atom. The largest absolute Gasteiger partial charge is 0.457 e. The van der Waals surface area contributed by atoms with E-state index in [0.717, 1.165) is 17.0 Å². The van der Waals surface area contributed by atoms with E-state index in [4.69, 9.17) is 4.74 Å². The predicted molar refractivity (Wildman–Crippen MR) is 124 cm³/mol. The van der Waals surface area contributed by atoms with Crippen LogP contribution in [-0.4, -0.2) is 22.2 Å². The van der Waals surface area contributed by atoms with E-state index >= 15 is 0 Å². The van der Waals surface area contributed by atoms with Gasteiger partial charge < -0.3 is 15.4 Å². The molecule has 3 aromatic carbocycles. The Hall–Kier alpha value is -3.58. The molecule has 1 saturated heterocycles. The summed E-state index contributed by atoms with van der Waals surface area (Å²) < 4.78 is 5.74. The summed E-state index contributed by atoms with van der Waals surface area (Å²) in [5, 5.41) is 5.57. The molecular formula is C24H21N3O3S. The van der Waals surface area contributed by atoms with Gasteiger partial charge in [-0.05, 0) is 55.5 Å². The van der Waals surface area contributed by atoms with Gasteiger partial charge >= 0.3 is 0 Å². The number of nitrogens with one attached hydrogen (secondary N) is 2. The topological polar surface area (TPSA) is 79.8 Å². The fourth-order valence-electron chi connectivity index (χ4n) is 2.94. The number of hydrogen-bond donors (Lipinski definition) is 2. The number of ether oxygens (including phenoxy) is 1. The molecule has 4 rings (SSSR count). The SMILES string of the molecule is Cc1ccc(N=C2NC(=O)C(CC(=O)Nc3ccc(Oc4ccccc4)cc3)S2)cc1. The first kappa shape index (κ1) is 20.7. The summed E-state index contributed by atoms with van der Waals surface area (Å²) in [6, 6.07) is 24.3. The van der Waals surface area contributed by atoms with Crippen LogP contribution in [0.25, 0.3) is 0 Å². The summed E-state index contributed by atoms with van der Waals surface area (Å²) in [5.41, 5.74) is 2.54. The molecule has 3 aromatic rings. The summed E-state index contributed by atoms with van der Waals surface area (Å²) in [6.07, 6.45) is 0.0612. The van der Waals surface area contributed by atoms with Crippen LogP contribution in [0.3, 0.4) is 0 Å². The zero-order valence-corrected chi connectivity index (χ0v) is 17.7. The molecule has 1 aliphatic rings. The molecule has 0 radical (unpaired) electrons. The lowest BCUT2D eigenvalue weighted by Gasteiger charge is -2.09. The third-order valence-corrected chi connectivity index (χ3v) is 5.61. The van der Waals surface area contributed by atoms with E-state index in [1.807, 2.05) is 61.5 Å². The normalized spacial score (nSPS) is 16.7. The van der Waals surface area contributed by atoms with Gasteiger partial charge in [0.05, 0.1) is 5.69 Å². The molecule has 0 bridgehead atoms. The van der Waals surface area contributed by atoms with Gasteiger partial charge in [-0.3, -0.25) is 9.59 Å². The Labute approximate surface area is 184 Å². The van der Waals surface area contributed by atoms with Crippen molar-refractivity contribution in [1.29, 1.82) is 0 Å². The van der Waals surface area contributed by atoms with Gasteiger partial charge in [0.2, 0.25) is 11.8 Å². The quantitative estimate of drug-likeness (QED) is 0.573. The lowest BCUT2D eigenvalue weighted by molar-refractivity contribution is -0.122. The van der Waals surface area contributed by atoms with Crippen LogP contribution >= 0.6 is 11.8 Å². The average Bonchev–Trinajstić information content (AvgIpc) is 3.10. The molecule has 1 unspecified atom stereocenters. The first-order valence-electron chi connectivity index (χ1n) is 9.81.